The van der Waals surface area contributed by atoms with Gasteiger partial charge < -0.3 is 10.1 Å². The zero-order valence-electron chi connectivity index (χ0n) is 23.4. The Morgan fingerprint density at radius 2 is 1.82 bits per heavy atom. The van der Waals surface area contributed by atoms with E-state index in [0.29, 0.717) is 22.3 Å². The number of hydrogen-bond donors (Lipinski definition) is 1. The van der Waals surface area contributed by atoms with Crippen LogP contribution in [0.1, 0.15) is 85.3 Å². The summed E-state index contributed by atoms with van der Waals surface area (Å²) in [7, 11) is 3.25. The molecule has 1 aliphatic rings. The van der Waals surface area contributed by atoms with E-state index in [4.69, 9.17) is 16.7 Å². The third-order valence-electron chi connectivity index (χ3n) is 7.14. The molecule has 2 atom stereocenters. The maximum atomic E-state index is 13.6. The molecule has 1 aliphatic carbocycles. The molecule has 210 valence electrons. The summed E-state index contributed by atoms with van der Waals surface area (Å²) in [6.07, 6.45) is 12.3. The number of amides is 1. The molecule has 0 radical (unpaired) electrons. The first kappa shape index (κ1) is 30.9. The van der Waals surface area contributed by atoms with E-state index in [2.05, 4.69) is 17.0 Å². The van der Waals surface area contributed by atoms with Crippen molar-refractivity contribution in [2.75, 3.05) is 25.8 Å². The molecule has 2 unspecified atom stereocenters. The number of thioether (sulfide) groups is 1. The minimum Gasteiger partial charge on any atom is -0.388 e. The van der Waals surface area contributed by atoms with Crippen LogP contribution >= 0.6 is 23.4 Å². The van der Waals surface area contributed by atoms with E-state index in [1.165, 1.54) is 25.7 Å². The summed E-state index contributed by atoms with van der Waals surface area (Å²) in [4.78, 5) is 25.6. The van der Waals surface area contributed by atoms with Gasteiger partial charge in [0.25, 0.3) is 0 Å². The summed E-state index contributed by atoms with van der Waals surface area (Å²) in [5, 5.41) is 8.50. The molecule has 6 nitrogen and oxygen atoms in total. The zero-order valence-corrected chi connectivity index (χ0v) is 24.9. The molecule has 4 rings (SSSR count). The molecular weight excluding hydrogens is 530 g/mol. The first-order valence-corrected chi connectivity index (χ1v) is 15.2. The quantitative estimate of drug-likeness (QED) is 0.187. The summed E-state index contributed by atoms with van der Waals surface area (Å²) in [5.41, 5.74) is 2.70. The van der Waals surface area contributed by atoms with Gasteiger partial charge in [0.05, 0.1) is 17.0 Å². The van der Waals surface area contributed by atoms with Crippen LogP contribution in [0.15, 0.2) is 59.6 Å². The number of aromatic nitrogens is 2. The van der Waals surface area contributed by atoms with Crippen LogP contribution in [0.2, 0.25) is 5.02 Å². The van der Waals surface area contributed by atoms with Crippen molar-refractivity contribution in [1.82, 2.24) is 9.78 Å². The maximum absolute atomic E-state index is 13.6. The van der Waals surface area contributed by atoms with Crippen LogP contribution in [0.3, 0.4) is 0 Å². The Labute approximate surface area is 241 Å². The van der Waals surface area contributed by atoms with Crippen LogP contribution in [-0.2, 0) is 9.53 Å². The Hall–Kier alpha value is -2.61. The van der Waals surface area contributed by atoms with Crippen molar-refractivity contribution in [3.05, 3.63) is 76.4 Å². The van der Waals surface area contributed by atoms with Gasteiger partial charge in [0, 0.05) is 36.9 Å². The average molecular weight is 570 g/mol. The van der Waals surface area contributed by atoms with E-state index >= 15 is 0 Å². The van der Waals surface area contributed by atoms with Gasteiger partial charge in [-0.05, 0) is 48.3 Å². The molecule has 0 bridgehead atoms. The normalized spacial score (nSPS) is 14.8. The molecule has 0 aliphatic heterocycles. The lowest BCUT2D eigenvalue weighted by Gasteiger charge is -2.21. The number of nitrogens with one attached hydrogen (secondary N) is 1. The van der Waals surface area contributed by atoms with Gasteiger partial charge in [-0.25, -0.2) is 0 Å². The van der Waals surface area contributed by atoms with Gasteiger partial charge in [0.15, 0.2) is 5.82 Å². The molecule has 1 N–H and O–H groups in total. The lowest BCUT2D eigenvalue weighted by atomic mass is 9.87. The predicted molar refractivity (Wildman–Crippen MR) is 161 cm³/mol. The molecule has 0 spiro atoms. The Balaban J connectivity index is 0.00000134. The zero-order chi connectivity index (χ0) is 28.2. The van der Waals surface area contributed by atoms with Gasteiger partial charge in [-0.2, -0.15) is 5.10 Å². The van der Waals surface area contributed by atoms with Crippen LogP contribution in [0.4, 0.5) is 5.82 Å². The van der Waals surface area contributed by atoms with Crippen LogP contribution in [0, 0.1) is 5.92 Å². The summed E-state index contributed by atoms with van der Waals surface area (Å²) in [6.45, 7) is 2.14. The van der Waals surface area contributed by atoms with Crippen molar-refractivity contribution in [2.24, 2.45) is 5.92 Å². The number of nitrogens with zero attached hydrogens (tertiary/aromatic N) is 2. The van der Waals surface area contributed by atoms with Crippen molar-refractivity contribution in [2.45, 2.75) is 68.7 Å². The smallest absolute Gasteiger partial charge is 0.233 e. The molecule has 1 aromatic heterocycles. The van der Waals surface area contributed by atoms with E-state index in [1.54, 1.807) is 26.0 Å². The van der Waals surface area contributed by atoms with E-state index in [1.807, 2.05) is 65.7 Å². The highest BCUT2D eigenvalue weighted by atomic mass is 35.5. The Morgan fingerprint density at radius 1 is 1.15 bits per heavy atom. The molecule has 8 heteroatoms. The molecule has 1 saturated carbocycles. The molecule has 2 aromatic carbocycles. The summed E-state index contributed by atoms with van der Waals surface area (Å²) >= 11 is 8.12. The Morgan fingerprint density at radius 3 is 2.41 bits per heavy atom. The van der Waals surface area contributed by atoms with Crippen molar-refractivity contribution in [3.8, 4) is 0 Å². The van der Waals surface area contributed by atoms with Gasteiger partial charge in [0.1, 0.15) is 6.29 Å². The van der Waals surface area contributed by atoms with Crippen LogP contribution < -0.4 is 5.32 Å². The van der Waals surface area contributed by atoms with Crippen molar-refractivity contribution in [3.63, 3.8) is 0 Å². The number of ether oxygens (including phenoxy) is 1. The van der Waals surface area contributed by atoms with Gasteiger partial charge in [-0.15, -0.1) is 11.8 Å². The van der Waals surface area contributed by atoms with Gasteiger partial charge >= 0.3 is 0 Å². The average Bonchev–Trinajstić information content (AvgIpc) is 3.63. The lowest BCUT2D eigenvalue weighted by molar-refractivity contribution is -0.118. The third-order valence-corrected chi connectivity index (χ3v) is 8.36. The highest BCUT2D eigenvalue weighted by Crippen LogP contribution is 2.37. The largest absolute Gasteiger partial charge is 0.388 e. The van der Waals surface area contributed by atoms with E-state index in [9.17, 15) is 9.59 Å². The van der Waals surface area contributed by atoms with E-state index in [-0.39, 0.29) is 17.9 Å². The number of hydrogen-bond acceptors (Lipinski definition) is 5. The maximum Gasteiger partial charge on any atom is 0.233 e. The van der Waals surface area contributed by atoms with Crippen molar-refractivity contribution in [1.29, 1.82) is 0 Å². The number of methoxy groups -OCH3 is 1. The minimum atomic E-state index is -0.269. The number of halogens is 1. The predicted octanol–water partition coefficient (Wildman–Crippen LogP) is 8.03. The lowest BCUT2D eigenvalue weighted by Crippen LogP contribution is -2.23. The number of benzene rings is 2. The second kappa shape index (κ2) is 15.8. The van der Waals surface area contributed by atoms with Crippen LogP contribution in [-0.4, -0.2) is 42.4 Å². The van der Waals surface area contributed by atoms with E-state index < -0.39 is 0 Å². The third kappa shape index (κ3) is 8.69. The number of anilines is 1. The van der Waals surface area contributed by atoms with Gasteiger partial charge in [-0.1, -0.05) is 81.0 Å². The SMILES string of the molecule is CCCC(c1ccc(C=O)cc1)n1ccc(NC(=O)C(CC2CCCC2)c2ccc(SC)c(Cl)c2)n1.COC. The topological polar surface area (TPSA) is 73.2 Å². The Kier molecular flexibility index (Phi) is 12.6. The molecule has 0 saturated heterocycles. The first-order valence-electron chi connectivity index (χ1n) is 13.6. The summed E-state index contributed by atoms with van der Waals surface area (Å²) in [5.74, 6) is 0.797. The fourth-order valence-corrected chi connectivity index (χ4v) is 6.07. The molecular formula is C31H40ClN3O3S. The highest BCUT2D eigenvalue weighted by Gasteiger charge is 2.28. The molecule has 1 heterocycles. The minimum absolute atomic E-state index is 0.0357. The second-order valence-electron chi connectivity index (χ2n) is 10.0. The van der Waals surface area contributed by atoms with Crippen molar-refractivity contribution >= 4 is 41.4 Å². The number of carbonyl (C=O) groups excluding carboxylic acids is 2. The van der Waals surface area contributed by atoms with Crippen molar-refractivity contribution < 1.29 is 14.3 Å². The first-order chi connectivity index (χ1) is 18.9. The van der Waals surface area contributed by atoms with Crippen LogP contribution in [0.5, 0.6) is 0 Å². The summed E-state index contributed by atoms with van der Waals surface area (Å²) in [6, 6.07) is 15.5. The highest BCUT2D eigenvalue weighted by molar-refractivity contribution is 7.98. The number of rotatable bonds is 11. The number of carbonyl (C=O) groups is 2. The molecule has 1 fully saturated rings. The van der Waals surface area contributed by atoms with Crippen LogP contribution in [0.25, 0.3) is 0 Å². The monoisotopic (exact) mass is 569 g/mol. The fourth-order valence-electron chi connectivity index (χ4n) is 5.19. The fraction of sp³-hybridized carbons (Fsp3) is 0.452. The Bertz CT molecular complexity index is 1190. The molecule has 39 heavy (non-hydrogen) atoms. The summed E-state index contributed by atoms with van der Waals surface area (Å²) < 4.78 is 6.16. The standard InChI is InChI=1S/C29H34ClN3O2S.C2H6O/c1-3-6-26(22-11-9-21(19-34)10-12-22)33-16-15-28(32-33)31-29(35)24(17-20-7-4-5-8-20)23-13-14-27(36-2)25(30)18-23;1-3-2/h9-16,18-20,24,26H,3-8,17H2,1-2H3,(H,31,32,35);1-2H3. The molecule has 3 aromatic rings. The van der Waals surface area contributed by atoms with E-state index in [0.717, 1.165) is 41.6 Å². The number of aldehydes is 1. The van der Waals surface area contributed by atoms with Gasteiger partial charge in [-0.3, -0.25) is 14.3 Å². The van der Waals surface area contributed by atoms with Gasteiger partial charge in [0.2, 0.25) is 5.91 Å². The molecule has 1 amide bonds. The second-order valence-corrected chi connectivity index (χ2v) is 11.3.